The van der Waals surface area contributed by atoms with Gasteiger partial charge >= 0.3 is 0 Å². The van der Waals surface area contributed by atoms with Gasteiger partial charge < -0.3 is 15.5 Å². The molecule has 0 saturated carbocycles. The Kier molecular flexibility index (Phi) is 7.01. The van der Waals surface area contributed by atoms with E-state index in [1.165, 1.54) is 11.0 Å². The molecule has 3 aliphatic heterocycles. The number of likely N-dealkylation sites (tertiary alicyclic amines) is 1. The highest BCUT2D eigenvalue weighted by molar-refractivity contribution is 6.20. The number of nitrogens with one attached hydrogen (secondary N) is 2. The molecule has 0 radical (unpaired) electrons. The van der Waals surface area contributed by atoms with Gasteiger partial charge in [-0.15, -0.1) is 0 Å². The van der Waals surface area contributed by atoms with Crippen LogP contribution in [0.15, 0.2) is 59.9 Å². The molecule has 3 unspecified atom stereocenters. The summed E-state index contributed by atoms with van der Waals surface area (Å²) < 4.78 is 58.2. The Labute approximate surface area is 248 Å². The number of nitrogens with zero attached hydrogens (tertiary/aromatic N) is 3. The molecule has 2 N–H and O–H groups in total. The number of carbonyl (C=O) groups excluding carboxylic acids is 1. The lowest BCUT2D eigenvalue weighted by Gasteiger charge is -2.48. The third kappa shape index (κ3) is 4.94. The van der Waals surface area contributed by atoms with E-state index in [0.717, 1.165) is 36.2 Å². The molecule has 0 bridgehead atoms. The van der Waals surface area contributed by atoms with E-state index >= 15 is 4.39 Å². The third-order valence-corrected chi connectivity index (χ3v) is 9.41. The second kappa shape index (κ2) is 10.3. The molecule has 2 saturated heterocycles. The van der Waals surface area contributed by atoms with Gasteiger partial charge in [0, 0.05) is 66.3 Å². The fourth-order valence-electron chi connectivity index (χ4n) is 7.21. The highest BCUT2D eigenvalue weighted by Gasteiger charge is 2.54. The molecule has 4 aliphatic rings. The van der Waals surface area contributed by atoms with Gasteiger partial charge in [0.1, 0.15) is 5.84 Å². The second-order valence-corrected chi connectivity index (χ2v) is 12.4. The van der Waals surface area contributed by atoms with Gasteiger partial charge in [-0.05, 0) is 61.9 Å². The summed E-state index contributed by atoms with van der Waals surface area (Å²) >= 11 is 0. The van der Waals surface area contributed by atoms with Crippen molar-refractivity contribution in [1.82, 2.24) is 20.5 Å². The third-order valence-electron chi connectivity index (χ3n) is 9.41. The Morgan fingerprint density at radius 3 is 2.79 bits per heavy atom. The van der Waals surface area contributed by atoms with Crippen LogP contribution in [0.5, 0.6) is 0 Å². The number of hydrogen-bond acceptors (Lipinski definition) is 5. The molecule has 2 aromatic rings. The van der Waals surface area contributed by atoms with Gasteiger partial charge in [-0.3, -0.25) is 14.8 Å². The number of aromatic nitrogens is 1. The largest absolute Gasteiger partial charge is 0.377 e. The number of aryl methyl sites for hydroxylation is 1. The van der Waals surface area contributed by atoms with Crippen LogP contribution in [-0.2, 0) is 17.6 Å². The zero-order valence-corrected chi connectivity index (χ0v) is 24.5. The predicted molar refractivity (Wildman–Crippen MR) is 158 cm³/mol. The number of amidine groups is 1. The quantitative estimate of drug-likeness (QED) is 0.429. The normalized spacial score (nSPS) is 26.6. The maximum absolute atomic E-state index is 15.2. The number of rotatable bonds is 6. The molecule has 6 nitrogen and oxygen atoms in total. The van der Waals surface area contributed by atoms with Crippen LogP contribution in [0.25, 0.3) is 5.70 Å². The summed E-state index contributed by atoms with van der Waals surface area (Å²) in [7, 11) is 0. The summed E-state index contributed by atoms with van der Waals surface area (Å²) in [6, 6.07) is 3.41. The summed E-state index contributed by atoms with van der Waals surface area (Å²) in [4.78, 5) is 23.8. The van der Waals surface area contributed by atoms with Crippen LogP contribution in [0.3, 0.4) is 0 Å². The van der Waals surface area contributed by atoms with Crippen molar-refractivity contribution in [1.29, 1.82) is 0 Å². The number of amides is 1. The maximum atomic E-state index is 15.2. The molecule has 1 spiro atoms. The van der Waals surface area contributed by atoms with Crippen LogP contribution in [0, 0.1) is 24.0 Å². The summed E-state index contributed by atoms with van der Waals surface area (Å²) in [5.74, 6) is -4.98. The average Bonchev–Trinajstić information content (AvgIpc) is 3.47. The van der Waals surface area contributed by atoms with Gasteiger partial charge in [0.05, 0.1) is 18.0 Å². The second-order valence-electron chi connectivity index (χ2n) is 12.4. The number of fused-ring (bicyclic) bond motifs is 3. The van der Waals surface area contributed by atoms with Crippen molar-refractivity contribution >= 4 is 17.4 Å². The van der Waals surface area contributed by atoms with E-state index in [1.807, 2.05) is 6.07 Å². The van der Waals surface area contributed by atoms with E-state index in [-0.39, 0.29) is 11.5 Å². The number of carbonyl (C=O) groups is 1. The number of halogens is 4. The molecular formula is C33H35F4N5O. The van der Waals surface area contributed by atoms with Crippen molar-refractivity contribution in [3.8, 4) is 0 Å². The first kappa shape index (κ1) is 29.1. The van der Waals surface area contributed by atoms with Gasteiger partial charge in [0.2, 0.25) is 5.91 Å². The van der Waals surface area contributed by atoms with Crippen LogP contribution < -0.4 is 10.6 Å². The fourth-order valence-corrected chi connectivity index (χ4v) is 7.21. The number of pyridine rings is 1. The summed E-state index contributed by atoms with van der Waals surface area (Å²) in [6.07, 6.45) is 5.83. The molecule has 1 amide bonds. The molecule has 4 atom stereocenters. The minimum absolute atomic E-state index is 0.0674. The number of alkyl halides is 2. The monoisotopic (exact) mass is 593 g/mol. The molecular weight excluding hydrogens is 558 g/mol. The summed E-state index contributed by atoms with van der Waals surface area (Å²) in [5.41, 5.74) is 4.32. The lowest BCUT2D eigenvalue weighted by molar-refractivity contribution is -0.125. The Morgan fingerprint density at radius 2 is 2.05 bits per heavy atom. The molecule has 1 aromatic heterocycles. The molecule has 1 aliphatic carbocycles. The highest BCUT2D eigenvalue weighted by Crippen LogP contribution is 2.47. The molecule has 4 heterocycles. The number of benzene rings is 1. The van der Waals surface area contributed by atoms with Crippen molar-refractivity contribution in [2.24, 2.45) is 10.4 Å². The lowest BCUT2D eigenvalue weighted by atomic mass is 9.78. The number of dihydropyridines is 1. The topological polar surface area (TPSA) is 69.6 Å². The van der Waals surface area contributed by atoms with Crippen LogP contribution in [0.1, 0.15) is 60.6 Å². The number of aliphatic imine (C=N–C) groups is 1. The zero-order chi connectivity index (χ0) is 30.8. The van der Waals surface area contributed by atoms with E-state index in [0.29, 0.717) is 54.2 Å². The first-order chi connectivity index (χ1) is 20.3. The van der Waals surface area contributed by atoms with Crippen molar-refractivity contribution in [3.05, 3.63) is 94.5 Å². The molecule has 43 heavy (non-hydrogen) atoms. The van der Waals surface area contributed by atoms with E-state index < -0.39 is 47.5 Å². The zero-order valence-electron chi connectivity index (χ0n) is 24.5. The van der Waals surface area contributed by atoms with E-state index in [2.05, 4.69) is 39.8 Å². The van der Waals surface area contributed by atoms with E-state index in [4.69, 9.17) is 0 Å². The minimum Gasteiger partial charge on any atom is -0.377 e. The van der Waals surface area contributed by atoms with Crippen molar-refractivity contribution in [2.45, 2.75) is 70.4 Å². The lowest BCUT2D eigenvalue weighted by Crippen LogP contribution is -2.53. The van der Waals surface area contributed by atoms with E-state index in [9.17, 15) is 18.0 Å². The van der Waals surface area contributed by atoms with Crippen LogP contribution >= 0.6 is 0 Å². The average molecular weight is 594 g/mol. The summed E-state index contributed by atoms with van der Waals surface area (Å²) in [5, 5.41) is 6.27. The first-order valence-corrected chi connectivity index (χ1v) is 14.6. The maximum Gasteiger partial charge on any atom is 0.262 e. The number of piperidine rings is 1. The van der Waals surface area contributed by atoms with Crippen LogP contribution in [0.4, 0.5) is 17.6 Å². The van der Waals surface area contributed by atoms with Crippen LogP contribution in [-0.4, -0.2) is 52.7 Å². The first-order valence-electron chi connectivity index (χ1n) is 14.6. The Hall–Kier alpha value is -3.95. The molecule has 226 valence electrons. The molecule has 2 fully saturated rings. The smallest absolute Gasteiger partial charge is 0.262 e. The molecule has 6 rings (SSSR count). The Bertz CT molecular complexity index is 1610. The van der Waals surface area contributed by atoms with Gasteiger partial charge in [-0.25, -0.2) is 17.6 Å². The predicted octanol–water partition coefficient (Wildman–Crippen LogP) is 5.59. The van der Waals surface area contributed by atoms with Crippen molar-refractivity contribution < 1.29 is 22.4 Å². The Morgan fingerprint density at radius 1 is 1.28 bits per heavy atom. The standard InChI is InChI=1S/C33H35F4N5O/c1-17-8-9-25(34)29(35)28(17)23-12-26(20(4)42(19(23)3)16-32(5,36)37)40-18(2)22-11-21-13-33(14-27(21)39-15-22)24-7-6-10-38-30(24)41-31(33)43/h7-9,11,15,19,23,26,40H,2,4,6,10,12-14,16H2,1,3,5H3,(H,38,41,43)/t19?,23?,26?,33-/m0/s1. The van der Waals surface area contributed by atoms with Crippen molar-refractivity contribution in [3.63, 3.8) is 0 Å². The SMILES string of the molecule is C=C(NC1CC(c2c(C)ccc(F)c2F)C(C)N(CC(C)(F)F)C1=C)c1cnc2c(c1)C[C@@]1(C2)C(=O)NC2=NCCC=C21. The van der Waals surface area contributed by atoms with Gasteiger partial charge in [0.25, 0.3) is 5.92 Å². The molecule has 1 aromatic carbocycles. The van der Waals surface area contributed by atoms with Crippen molar-refractivity contribution in [2.75, 3.05) is 13.1 Å². The van der Waals surface area contributed by atoms with Gasteiger partial charge in [0.15, 0.2) is 11.6 Å². The van der Waals surface area contributed by atoms with Gasteiger partial charge in [-0.1, -0.05) is 25.3 Å². The minimum atomic E-state index is -3.04. The van der Waals surface area contributed by atoms with Gasteiger partial charge in [-0.2, -0.15) is 0 Å². The summed E-state index contributed by atoms with van der Waals surface area (Å²) in [6.45, 7) is 12.7. The van der Waals surface area contributed by atoms with E-state index in [1.54, 1.807) is 20.0 Å². The number of hydrogen-bond donors (Lipinski definition) is 2. The molecule has 10 heteroatoms. The Balaban J connectivity index is 1.27. The van der Waals surface area contributed by atoms with Crippen LogP contribution in [0.2, 0.25) is 0 Å². The highest BCUT2D eigenvalue weighted by atomic mass is 19.3. The fraction of sp³-hybridized carbons (Fsp3) is 0.424.